The number of piperazine rings is 1. The summed E-state index contributed by atoms with van der Waals surface area (Å²) in [6.07, 6.45) is 1.90. The highest BCUT2D eigenvalue weighted by molar-refractivity contribution is 5.18. The molecule has 1 aromatic heterocycles. The molecule has 1 aliphatic heterocycles. The summed E-state index contributed by atoms with van der Waals surface area (Å²) in [5.41, 5.74) is 2.95. The van der Waals surface area contributed by atoms with Crippen molar-refractivity contribution in [2.24, 2.45) is 5.41 Å². The Hall–Kier alpha value is -0.930. The van der Waals surface area contributed by atoms with Gasteiger partial charge in [0.2, 0.25) is 0 Å². The van der Waals surface area contributed by atoms with Gasteiger partial charge in [0.05, 0.1) is 5.69 Å². The summed E-state index contributed by atoms with van der Waals surface area (Å²) < 4.78 is 0. The molecule has 1 N–H and O–H groups in total. The molecule has 0 aliphatic carbocycles. The maximum atomic E-state index is 4.56. The topological polar surface area (TPSA) is 28.2 Å². The smallest absolute Gasteiger partial charge is 0.0573 e. The van der Waals surface area contributed by atoms with Crippen LogP contribution in [-0.2, 0) is 6.54 Å². The molecular formula is C17H29N3. The van der Waals surface area contributed by atoms with Crippen LogP contribution in [0.4, 0.5) is 0 Å². The fourth-order valence-corrected chi connectivity index (χ4v) is 2.74. The number of aryl methyl sites for hydroxylation is 1. The van der Waals surface area contributed by atoms with Crippen molar-refractivity contribution < 1.29 is 0 Å². The fourth-order valence-electron chi connectivity index (χ4n) is 2.74. The van der Waals surface area contributed by atoms with E-state index in [0.29, 0.717) is 6.04 Å². The van der Waals surface area contributed by atoms with E-state index in [1.807, 2.05) is 12.3 Å². The zero-order chi connectivity index (χ0) is 15.0. The summed E-state index contributed by atoms with van der Waals surface area (Å²) in [4.78, 5) is 7.14. The van der Waals surface area contributed by atoms with Crippen molar-refractivity contribution in [3.8, 4) is 0 Å². The van der Waals surface area contributed by atoms with Crippen LogP contribution in [0.5, 0.6) is 0 Å². The first-order valence-corrected chi connectivity index (χ1v) is 7.59. The number of nitrogens with one attached hydrogen (secondary N) is 1. The van der Waals surface area contributed by atoms with Crippen molar-refractivity contribution in [3.63, 3.8) is 0 Å². The van der Waals surface area contributed by atoms with Gasteiger partial charge in [0.25, 0.3) is 0 Å². The number of rotatable bonds is 2. The number of hydrogen-bond donors (Lipinski definition) is 1. The maximum absolute atomic E-state index is 4.56. The van der Waals surface area contributed by atoms with Crippen molar-refractivity contribution in [2.45, 2.75) is 59.7 Å². The summed E-state index contributed by atoms with van der Waals surface area (Å²) in [6.45, 7) is 16.8. The molecule has 1 fully saturated rings. The van der Waals surface area contributed by atoms with Crippen LogP contribution in [0.25, 0.3) is 0 Å². The molecule has 1 aromatic rings. The lowest BCUT2D eigenvalue weighted by Gasteiger charge is -2.49. The predicted molar refractivity (Wildman–Crippen MR) is 84.7 cm³/mol. The SMILES string of the molecule is Cc1cccnc1CN1CC(C(C)(C)C)NCC1(C)C. The van der Waals surface area contributed by atoms with E-state index in [2.05, 4.69) is 62.8 Å². The lowest BCUT2D eigenvalue weighted by Crippen LogP contribution is -2.64. The second-order valence-electron chi connectivity index (χ2n) is 7.76. The molecule has 1 saturated heterocycles. The summed E-state index contributed by atoms with van der Waals surface area (Å²) in [7, 11) is 0. The quantitative estimate of drug-likeness (QED) is 0.899. The van der Waals surface area contributed by atoms with Gasteiger partial charge in [0, 0.05) is 37.4 Å². The highest BCUT2D eigenvalue weighted by Crippen LogP contribution is 2.28. The molecule has 0 saturated carbocycles. The van der Waals surface area contributed by atoms with E-state index in [-0.39, 0.29) is 11.0 Å². The minimum absolute atomic E-state index is 0.172. The molecular weight excluding hydrogens is 246 g/mol. The molecule has 0 amide bonds. The third-order valence-electron chi connectivity index (χ3n) is 4.54. The maximum Gasteiger partial charge on any atom is 0.0573 e. The Morgan fingerprint density at radius 3 is 2.70 bits per heavy atom. The molecule has 1 unspecified atom stereocenters. The second-order valence-corrected chi connectivity index (χ2v) is 7.76. The van der Waals surface area contributed by atoms with Gasteiger partial charge in [-0.15, -0.1) is 0 Å². The van der Waals surface area contributed by atoms with Gasteiger partial charge in [-0.2, -0.15) is 0 Å². The van der Waals surface area contributed by atoms with E-state index in [9.17, 15) is 0 Å². The number of aromatic nitrogens is 1. The van der Waals surface area contributed by atoms with Gasteiger partial charge in [-0.3, -0.25) is 9.88 Å². The Labute approximate surface area is 123 Å². The zero-order valence-corrected chi connectivity index (χ0v) is 13.8. The molecule has 20 heavy (non-hydrogen) atoms. The first-order chi connectivity index (χ1) is 9.20. The van der Waals surface area contributed by atoms with E-state index in [1.165, 1.54) is 11.3 Å². The molecule has 3 nitrogen and oxygen atoms in total. The van der Waals surface area contributed by atoms with Crippen molar-refractivity contribution in [2.75, 3.05) is 13.1 Å². The van der Waals surface area contributed by atoms with Gasteiger partial charge >= 0.3 is 0 Å². The van der Waals surface area contributed by atoms with Gasteiger partial charge in [0.15, 0.2) is 0 Å². The molecule has 1 aliphatic rings. The van der Waals surface area contributed by atoms with Crippen molar-refractivity contribution in [1.29, 1.82) is 0 Å². The molecule has 3 heteroatoms. The van der Waals surface area contributed by atoms with Crippen LogP contribution >= 0.6 is 0 Å². The van der Waals surface area contributed by atoms with Crippen LogP contribution in [0.15, 0.2) is 18.3 Å². The van der Waals surface area contributed by atoms with Crippen LogP contribution < -0.4 is 5.32 Å². The Balaban J connectivity index is 2.17. The van der Waals surface area contributed by atoms with Gasteiger partial charge in [0.1, 0.15) is 0 Å². The summed E-state index contributed by atoms with van der Waals surface area (Å²) in [5, 5.41) is 3.72. The van der Waals surface area contributed by atoms with Crippen molar-refractivity contribution in [1.82, 2.24) is 15.2 Å². The lowest BCUT2D eigenvalue weighted by molar-refractivity contribution is 0.0285. The third-order valence-corrected chi connectivity index (χ3v) is 4.54. The third kappa shape index (κ3) is 3.39. The van der Waals surface area contributed by atoms with Gasteiger partial charge in [-0.05, 0) is 37.8 Å². The average Bonchev–Trinajstić information content (AvgIpc) is 2.32. The average molecular weight is 275 g/mol. The van der Waals surface area contributed by atoms with Crippen LogP contribution in [0.3, 0.4) is 0 Å². The van der Waals surface area contributed by atoms with Crippen molar-refractivity contribution >= 4 is 0 Å². The molecule has 0 aromatic carbocycles. The standard InChI is InChI=1S/C17H29N3/c1-13-8-7-9-18-14(13)10-20-11-15(16(2,3)4)19-12-17(20,5)6/h7-9,15,19H,10-12H2,1-6H3. The zero-order valence-electron chi connectivity index (χ0n) is 13.8. The molecule has 2 heterocycles. The Morgan fingerprint density at radius 1 is 1.40 bits per heavy atom. The van der Waals surface area contributed by atoms with E-state index >= 15 is 0 Å². The molecule has 0 radical (unpaired) electrons. The Bertz CT molecular complexity index is 460. The molecule has 0 bridgehead atoms. The Morgan fingerprint density at radius 2 is 2.10 bits per heavy atom. The monoisotopic (exact) mass is 275 g/mol. The highest BCUT2D eigenvalue weighted by atomic mass is 15.3. The molecule has 112 valence electrons. The minimum Gasteiger partial charge on any atom is -0.310 e. The van der Waals surface area contributed by atoms with Crippen LogP contribution in [-0.4, -0.2) is 34.6 Å². The highest BCUT2D eigenvalue weighted by Gasteiger charge is 2.38. The minimum atomic E-state index is 0.172. The summed E-state index contributed by atoms with van der Waals surface area (Å²) in [5.74, 6) is 0. The van der Waals surface area contributed by atoms with E-state index in [0.717, 1.165) is 19.6 Å². The summed E-state index contributed by atoms with van der Waals surface area (Å²) >= 11 is 0. The normalized spacial score (nSPS) is 23.8. The first kappa shape index (κ1) is 15.5. The fraction of sp³-hybridized carbons (Fsp3) is 0.706. The number of nitrogens with zero attached hydrogens (tertiary/aromatic N) is 2. The molecule has 2 rings (SSSR count). The van der Waals surface area contributed by atoms with Crippen LogP contribution in [0.2, 0.25) is 0 Å². The van der Waals surface area contributed by atoms with Crippen molar-refractivity contribution in [3.05, 3.63) is 29.6 Å². The van der Waals surface area contributed by atoms with Gasteiger partial charge in [-0.25, -0.2) is 0 Å². The van der Waals surface area contributed by atoms with Crippen LogP contribution in [0.1, 0.15) is 45.9 Å². The number of pyridine rings is 1. The second kappa shape index (κ2) is 5.45. The molecule has 1 atom stereocenters. The Kier molecular flexibility index (Phi) is 4.22. The van der Waals surface area contributed by atoms with E-state index in [4.69, 9.17) is 0 Å². The largest absolute Gasteiger partial charge is 0.310 e. The summed E-state index contributed by atoms with van der Waals surface area (Å²) in [6, 6.07) is 4.69. The van der Waals surface area contributed by atoms with E-state index in [1.54, 1.807) is 0 Å². The van der Waals surface area contributed by atoms with Gasteiger partial charge < -0.3 is 5.32 Å². The number of hydrogen-bond acceptors (Lipinski definition) is 3. The molecule has 0 spiro atoms. The van der Waals surface area contributed by atoms with E-state index < -0.39 is 0 Å². The van der Waals surface area contributed by atoms with Gasteiger partial charge in [-0.1, -0.05) is 26.8 Å². The first-order valence-electron chi connectivity index (χ1n) is 7.59. The predicted octanol–water partition coefficient (Wildman–Crippen LogP) is 2.99. The lowest BCUT2D eigenvalue weighted by atomic mass is 9.82. The van der Waals surface area contributed by atoms with Crippen LogP contribution in [0, 0.1) is 12.3 Å².